The summed E-state index contributed by atoms with van der Waals surface area (Å²) in [7, 11) is 3.31. The van der Waals surface area contributed by atoms with Crippen LogP contribution in [0.4, 0.5) is 5.69 Å². The zero-order valence-corrected chi connectivity index (χ0v) is 20.9. The SMILES string of the molecule is CCc1c(C(=O)N2CCN(c3cccc(OC)c3)CC2)c(=O)cc(C)n1Cc1ccccc1OC. The molecule has 0 saturated carbocycles. The van der Waals surface area contributed by atoms with Crippen LogP contribution in [-0.2, 0) is 13.0 Å². The summed E-state index contributed by atoms with van der Waals surface area (Å²) >= 11 is 0. The topological polar surface area (TPSA) is 64.0 Å². The van der Waals surface area contributed by atoms with Crippen molar-refractivity contribution in [1.82, 2.24) is 9.47 Å². The third-order valence-corrected chi connectivity index (χ3v) is 6.68. The number of carbonyl (C=O) groups is 1. The Labute approximate surface area is 206 Å². The summed E-state index contributed by atoms with van der Waals surface area (Å²) in [5.74, 6) is 1.41. The van der Waals surface area contributed by atoms with Crippen molar-refractivity contribution in [3.05, 3.63) is 87.3 Å². The van der Waals surface area contributed by atoms with Gasteiger partial charge in [0.25, 0.3) is 5.91 Å². The van der Waals surface area contributed by atoms with Crippen LogP contribution in [0, 0.1) is 6.92 Å². The minimum Gasteiger partial charge on any atom is -0.497 e. The van der Waals surface area contributed by atoms with Crippen molar-refractivity contribution in [3.8, 4) is 11.5 Å². The number of hydrogen-bond donors (Lipinski definition) is 0. The Balaban J connectivity index is 1.59. The van der Waals surface area contributed by atoms with Crippen LogP contribution in [-0.4, -0.2) is 55.8 Å². The zero-order chi connectivity index (χ0) is 24.9. The quantitative estimate of drug-likeness (QED) is 0.521. The lowest BCUT2D eigenvalue weighted by atomic mass is 10.1. The highest BCUT2D eigenvalue weighted by molar-refractivity contribution is 5.95. The first-order valence-corrected chi connectivity index (χ1v) is 12.0. The Morgan fingerprint density at radius 3 is 2.37 bits per heavy atom. The van der Waals surface area contributed by atoms with Crippen molar-refractivity contribution in [2.24, 2.45) is 0 Å². The number of pyridine rings is 1. The summed E-state index contributed by atoms with van der Waals surface area (Å²) in [5.41, 5.74) is 3.74. The molecule has 1 aromatic heterocycles. The van der Waals surface area contributed by atoms with Gasteiger partial charge in [-0.05, 0) is 31.5 Å². The minimum atomic E-state index is -0.212. The highest BCUT2D eigenvalue weighted by Crippen LogP contribution is 2.24. The van der Waals surface area contributed by atoms with E-state index in [-0.39, 0.29) is 16.9 Å². The van der Waals surface area contributed by atoms with Crippen molar-refractivity contribution in [2.45, 2.75) is 26.8 Å². The van der Waals surface area contributed by atoms with Gasteiger partial charge in [-0.15, -0.1) is 0 Å². The number of nitrogens with zero attached hydrogens (tertiary/aromatic N) is 3. The van der Waals surface area contributed by atoms with Gasteiger partial charge in [-0.3, -0.25) is 9.59 Å². The molecule has 184 valence electrons. The Hall–Kier alpha value is -3.74. The molecule has 4 rings (SSSR count). The molecule has 1 aliphatic heterocycles. The number of amides is 1. The number of anilines is 1. The lowest BCUT2D eigenvalue weighted by molar-refractivity contribution is 0.0743. The van der Waals surface area contributed by atoms with Gasteiger partial charge in [-0.25, -0.2) is 0 Å². The smallest absolute Gasteiger partial charge is 0.259 e. The summed E-state index contributed by atoms with van der Waals surface area (Å²) in [6.45, 7) is 6.94. The maximum atomic E-state index is 13.6. The summed E-state index contributed by atoms with van der Waals surface area (Å²) in [5, 5.41) is 0. The van der Waals surface area contributed by atoms with E-state index in [1.165, 1.54) is 0 Å². The lowest BCUT2D eigenvalue weighted by Crippen LogP contribution is -2.50. The van der Waals surface area contributed by atoms with E-state index in [2.05, 4.69) is 9.47 Å². The Morgan fingerprint density at radius 1 is 0.943 bits per heavy atom. The molecule has 1 amide bonds. The number of carbonyl (C=O) groups excluding carboxylic acids is 1. The van der Waals surface area contributed by atoms with E-state index in [0.717, 1.165) is 34.1 Å². The largest absolute Gasteiger partial charge is 0.497 e. The number of methoxy groups -OCH3 is 2. The maximum absolute atomic E-state index is 13.6. The van der Waals surface area contributed by atoms with Crippen molar-refractivity contribution < 1.29 is 14.3 Å². The molecule has 2 aromatic carbocycles. The second-order valence-electron chi connectivity index (χ2n) is 8.70. The van der Waals surface area contributed by atoms with Gasteiger partial charge >= 0.3 is 0 Å². The molecular formula is C28H33N3O4. The van der Waals surface area contributed by atoms with Gasteiger partial charge in [-0.1, -0.05) is 31.2 Å². The molecule has 1 fully saturated rings. The highest BCUT2D eigenvalue weighted by atomic mass is 16.5. The van der Waals surface area contributed by atoms with E-state index in [4.69, 9.17) is 9.47 Å². The minimum absolute atomic E-state index is 0.189. The van der Waals surface area contributed by atoms with Crippen LogP contribution in [0.15, 0.2) is 59.4 Å². The first-order valence-electron chi connectivity index (χ1n) is 12.0. The molecular weight excluding hydrogens is 442 g/mol. The number of para-hydroxylation sites is 1. The average molecular weight is 476 g/mol. The molecule has 3 aromatic rings. The van der Waals surface area contributed by atoms with Crippen LogP contribution >= 0.6 is 0 Å². The maximum Gasteiger partial charge on any atom is 0.259 e. The van der Waals surface area contributed by atoms with E-state index >= 15 is 0 Å². The third-order valence-electron chi connectivity index (χ3n) is 6.68. The second-order valence-corrected chi connectivity index (χ2v) is 8.70. The third kappa shape index (κ3) is 5.04. The summed E-state index contributed by atoms with van der Waals surface area (Å²) in [4.78, 5) is 30.7. The van der Waals surface area contributed by atoms with E-state index in [9.17, 15) is 9.59 Å². The van der Waals surface area contributed by atoms with Crippen molar-refractivity contribution in [2.75, 3.05) is 45.3 Å². The average Bonchev–Trinajstić information content (AvgIpc) is 2.90. The molecule has 0 unspecified atom stereocenters. The van der Waals surface area contributed by atoms with Crippen LogP contribution in [0.2, 0.25) is 0 Å². The molecule has 0 atom stereocenters. The first-order chi connectivity index (χ1) is 17.0. The number of ether oxygens (including phenoxy) is 2. The molecule has 7 heteroatoms. The van der Waals surface area contributed by atoms with Crippen LogP contribution < -0.4 is 19.8 Å². The summed E-state index contributed by atoms with van der Waals surface area (Å²) in [6.07, 6.45) is 0.580. The summed E-state index contributed by atoms with van der Waals surface area (Å²) < 4.78 is 12.9. The molecule has 0 radical (unpaired) electrons. The Bertz CT molecular complexity index is 1260. The monoisotopic (exact) mass is 475 g/mol. The fraction of sp³-hybridized carbons (Fsp3) is 0.357. The predicted octanol–water partition coefficient (Wildman–Crippen LogP) is 3.75. The molecule has 0 bridgehead atoms. The molecule has 1 aliphatic rings. The van der Waals surface area contributed by atoms with E-state index < -0.39 is 0 Å². The standard InChI is InChI=1S/C28H33N3O4/c1-5-24-27(25(32)17-20(2)31(24)19-21-9-6-7-12-26(21)35-4)28(33)30-15-13-29(14-16-30)22-10-8-11-23(18-22)34-3/h6-12,17-18H,5,13-16,19H2,1-4H3. The molecule has 0 N–H and O–H groups in total. The van der Waals surface area contributed by atoms with Gasteiger partial charge in [0.15, 0.2) is 5.43 Å². The van der Waals surface area contributed by atoms with Gasteiger partial charge in [0, 0.05) is 61.0 Å². The van der Waals surface area contributed by atoms with Gasteiger partial charge in [0.1, 0.15) is 17.1 Å². The molecule has 1 saturated heterocycles. The molecule has 0 spiro atoms. The number of aromatic nitrogens is 1. The van der Waals surface area contributed by atoms with E-state index in [1.54, 1.807) is 25.2 Å². The lowest BCUT2D eigenvalue weighted by Gasteiger charge is -2.36. The Kier molecular flexibility index (Phi) is 7.44. The number of piperazine rings is 1. The van der Waals surface area contributed by atoms with E-state index in [1.807, 2.05) is 62.4 Å². The van der Waals surface area contributed by atoms with Gasteiger partial charge < -0.3 is 23.8 Å². The number of aryl methyl sites for hydroxylation is 1. The van der Waals surface area contributed by atoms with Gasteiger partial charge in [0.2, 0.25) is 0 Å². The first kappa shape index (κ1) is 24.4. The van der Waals surface area contributed by atoms with Gasteiger partial charge in [0.05, 0.1) is 20.8 Å². The van der Waals surface area contributed by atoms with E-state index in [0.29, 0.717) is 39.1 Å². The van der Waals surface area contributed by atoms with Crippen LogP contribution in [0.5, 0.6) is 11.5 Å². The van der Waals surface area contributed by atoms with Gasteiger partial charge in [-0.2, -0.15) is 0 Å². The normalized spacial score (nSPS) is 13.6. The highest BCUT2D eigenvalue weighted by Gasteiger charge is 2.27. The zero-order valence-electron chi connectivity index (χ0n) is 20.9. The second kappa shape index (κ2) is 10.7. The van der Waals surface area contributed by atoms with Crippen molar-refractivity contribution in [3.63, 3.8) is 0 Å². The predicted molar refractivity (Wildman–Crippen MR) is 138 cm³/mol. The molecule has 2 heterocycles. The van der Waals surface area contributed by atoms with Crippen molar-refractivity contribution in [1.29, 1.82) is 0 Å². The van der Waals surface area contributed by atoms with Crippen LogP contribution in [0.3, 0.4) is 0 Å². The summed E-state index contributed by atoms with van der Waals surface area (Å²) in [6, 6.07) is 17.3. The molecule has 0 aliphatic carbocycles. The number of hydrogen-bond acceptors (Lipinski definition) is 5. The Morgan fingerprint density at radius 2 is 1.69 bits per heavy atom. The number of rotatable bonds is 7. The van der Waals surface area contributed by atoms with Crippen molar-refractivity contribution >= 4 is 11.6 Å². The number of benzene rings is 2. The van der Waals surface area contributed by atoms with Crippen LogP contribution in [0.1, 0.15) is 34.2 Å². The fourth-order valence-corrected chi connectivity index (χ4v) is 4.78. The molecule has 35 heavy (non-hydrogen) atoms. The fourth-order valence-electron chi connectivity index (χ4n) is 4.78. The van der Waals surface area contributed by atoms with Crippen LogP contribution in [0.25, 0.3) is 0 Å². The molecule has 7 nitrogen and oxygen atoms in total.